The Bertz CT molecular complexity index is 1290. The summed E-state index contributed by atoms with van der Waals surface area (Å²) in [4.78, 5) is 38.0. The first-order chi connectivity index (χ1) is 18.0. The molecule has 1 aromatic carbocycles. The molecule has 2 amide bonds. The van der Waals surface area contributed by atoms with E-state index >= 15 is 0 Å². The van der Waals surface area contributed by atoms with Crippen LogP contribution in [0.15, 0.2) is 36.4 Å². The van der Waals surface area contributed by atoms with Crippen molar-refractivity contribution in [2.24, 2.45) is 7.05 Å². The number of nitrogens with one attached hydrogen (secondary N) is 2. The lowest BCUT2D eigenvalue weighted by molar-refractivity contribution is -0.118. The van der Waals surface area contributed by atoms with Gasteiger partial charge in [0, 0.05) is 75.3 Å². The van der Waals surface area contributed by atoms with Crippen molar-refractivity contribution in [3.8, 4) is 11.4 Å². The first-order valence-corrected chi connectivity index (χ1v) is 13.1. The van der Waals surface area contributed by atoms with Gasteiger partial charge in [0.05, 0.1) is 5.69 Å². The van der Waals surface area contributed by atoms with Crippen LogP contribution in [0.3, 0.4) is 0 Å². The molecule has 2 aromatic heterocycles. The van der Waals surface area contributed by atoms with Gasteiger partial charge in [-0.1, -0.05) is 32.4 Å². The van der Waals surface area contributed by atoms with Crippen LogP contribution in [0.4, 0.5) is 11.6 Å². The van der Waals surface area contributed by atoms with E-state index < -0.39 is 0 Å². The maximum Gasteiger partial charge on any atom is 0.272 e. The number of benzene rings is 1. The van der Waals surface area contributed by atoms with Crippen LogP contribution in [0.1, 0.15) is 43.9 Å². The SMILES string of the molecule is CC(=O)NCCNc1cc(N2CCN(C(=O)c3cc(C(C)(C)C)nn3C)CC2)nc(-c2ccc(Cl)cc2)n1. The van der Waals surface area contributed by atoms with Crippen LogP contribution in [0.2, 0.25) is 5.02 Å². The number of hydrogen-bond donors (Lipinski definition) is 2. The second kappa shape index (κ2) is 11.4. The number of anilines is 2. The van der Waals surface area contributed by atoms with E-state index in [0.29, 0.717) is 61.6 Å². The van der Waals surface area contributed by atoms with E-state index in [0.717, 1.165) is 17.1 Å². The zero-order valence-electron chi connectivity index (χ0n) is 22.6. The molecule has 3 heterocycles. The van der Waals surface area contributed by atoms with Gasteiger partial charge in [-0.05, 0) is 30.3 Å². The highest BCUT2D eigenvalue weighted by Gasteiger charge is 2.28. The van der Waals surface area contributed by atoms with Crippen molar-refractivity contribution in [2.75, 3.05) is 49.5 Å². The van der Waals surface area contributed by atoms with E-state index in [-0.39, 0.29) is 17.2 Å². The molecule has 2 N–H and O–H groups in total. The first kappa shape index (κ1) is 27.4. The molecule has 1 aliphatic rings. The summed E-state index contributed by atoms with van der Waals surface area (Å²) in [5.41, 5.74) is 2.22. The Morgan fingerprint density at radius 3 is 2.29 bits per heavy atom. The van der Waals surface area contributed by atoms with Gasteiger partial charge in [0.2, 0.25) is 5.91 Å². The fourth-order valence-corrected chi connectivity index (χ4v) is 4.30. The largest absolute Gasteiger partial charge is 0.368 e. The monoisotopic (exact) mass is 538 g/mol. The summed E-state index contributed by atoms with van der Waals surface area (Å²) in [5, 5.41) is 11.3. The van der Waals surface area contributed by atoms with Crippen molar-refractivity contribution in [1.82, 2.24) is 30.0 Å². The molecule has 3 aromatic rings. The average Bonchev–Trinajstić information content (AvgIpc) is 3.28. The lowest BCUT2D eigenvalue weighted by atomic mass is 9.92. The summed E-state index contributed by atoms with van der Waals surface area (Å²) in [6.45, 7) is 11.2. The number of carbonyl (C=O) groups is 2. The van der Waals surface area contributed by atoms with Gasteiger partial charge in [-0.3, -0.25) is 14.3 Å². The number of hydrogen-bond acceptors (Lipinski definition) is 7. The Labute approximate surface area is 228 Å². The first-order valence-electron chi connectivity index (χ1n) is 12.7. The number of aromatic nitrogens is 4. The molecule has 0 spiro atoms. The van der Waals surface area contributed by atoms with E-state index in [4.69, 9.17) is 16.6 Å². The summed E-state index contributed by atoms with van der Waals surface area (Å²) >= 11 is 6.08. The van der Waals surface area contributed by atoms with Crippen molar-refractivity contribution >= 4 is 35.1 Å². The fraction of sp³-hybridized carbons (Fsp3) is 0.444. The minimum absolute atomic E-state index is 0.0139. The van der Waals surface area contributed by atoms with Gasteiger partial charge in [0.15, 0.2) is 5.82 Å². The standard InChI is InChI=1S/C27H35ClN8O2/c1-18(37)29-10-11-30-23-17-24(32-25(31-23)19-6-8-20(28)9-7-19)35-12-14-36(15-13-35)26(38)21-16-22(27(2,3)4)33-34(21)5/h6-9,16-17H,10-15H2,1-5H3,(H,29,37)(H,30,31,32). The van der Waals surface area contributed by atoms with E-state index in [1.165, 1.54) is 6.92 Å². The van der Waals surface area contributed by atoms with Crippen molar-refractivity contribution in [3.63, 3.8) is 0 Å². The van der Waals surface area contributed by atoms with E-state index in [1.54, 1.807) is 4.68 Å². The minimum atomic E-state index is -0.127. The molecule has 11 heteroatoms. The number of aryl methyl sites for hydroxylation is 1. The average molecular weight is 539 g/mol. The highest BCUT2D eigenvalue weighted by Crippen LogP contribution is 2.26. The van der Waals surface area contributed by atoms with Crippen molar-refractivity contribution in [3.05, 3.63) is 52.8 Å². The molecule has 0 atom stereocenters. The van der Waals surface area contributed by atoms with E-state index in [2.05, 4.69) is 46.4 Å². The molecule has 202 valence electrons. The second-order valence-electron chi connectivity index (χ2n) is 10.4. The molecule has 0 saturated carbocycles. The van der Waals surface area contributed by atoms with Crippen LogP contribution in [0.25, 0.3) is 11.4 Å². The zero-order chi connectivity index (χ0) is 27.4. The van der Waals surface area contributed by atoms with Crippen molar-refractivity contribution in [1.29, 1.82) is 0 Å². The molecule has 4 rings (SSSR count). The summed E-state index contributed by atoms with van der Waals surface area (Å²) < 4.78 is 1.68. The molecule has 1 aliphatic heterocycles. The summed E-state index contributed by atoms with van der Waals surface area (Å²) in [6.07, 6.45) is 0. The van der Waals surface area contributed by atoms with Crippen LogP contribution >= 0.6 is 11.6 Å². The van der Waals surface area contributed by atoms with Gasteiger partial charge in [0.1, 0.15) is 17.3 Å². The molecular weight excluding hydrogens is 504 g/mol. The van der Waals surface area contributed by atoms with Crippen molar-refractivity contribution in [2.45, 2.75) is 33.1 Å². The van der Waals surface area contributed by atoms with Crippen molar-refractivity contribution < 1.29 is 9.59 Å². The van der Waals surface area contributed by atoms with Gasteiger partial charge < -0.3 is 20.4 Å². The summed E-state index contributed by atoms with van der Waals surface area (Å²) in [6, 6.07) is 11.2. The topological polar surface area (TPSA) is 108 Å². The minimum Gasteiger partial charge on any atom is -0.368 e. The number of halogens is 1. The number of nitrogens with zero attached hydrogens (tertiary/aromatic N) is 6. The van der Waals surface area contributed by atoms with Crippen LogP contribution in [-0.2, 0) is 17.3 Å². The quantitative estimate of drug-likeness (QED) is 0.444. The highest BCUT2D eigenvalue weighted by molar-refractivity contribution is 6.30. The van der Waals surface area contributed by atoms with E-state index in [1.807, 2.05) is 48.3 Å². The van der Waals surface area contributed by atoms with Crippen LogP contribution in [0.5, 0.6) is 0 Å². The van der Waals surface area contributed by atoms with Gasteiger partial charge in [-0.25, -0.2) is 9.97 Å². The zero-order valence-corrected chi connectivity index (χ0v) is 23.3. The molecule has 1 saturated heterocycles. The summed E-state index contributed by atoms with van der Waals surface area (Å²) in [5.74, 6) is 1.91. The third-order valence-electron chi connectivity index (χ3n) is 6.38. The third-order valence-corrected chi connectivity index (χ3v) is 6.63. The number of piperazine rings is 1. The van der Waals surface area contributed by atoms with E-state index in [9.17, 15) is 9.59 Å². The summed E-state index contributed by atoms with van der Waals surface area (Å²) in [7, 11) is 1.82. The maximum absolute atomic E-state index is 13.3. The highest BCUT2D eigenvalue weighted by atomic mass is 35.5. The lowest BCUT2D eigenvalue weighted by Gasteiger charge is -2.35. The fourth-order valence-electron chi connectivity index (χ4n) is 4.18. The van der Waals surface area contributed by atoms with Crippen LogP contribution in [0, 0.1) is 0 Å². The number of amides is 2. The van der Waals surface area contributed by atoms with Crippen LogP contribution < -0.4 is 15.5 Å². The molecule has 0 unspecified atom stereocenters. The Balaban J connectivity index is 1.50. The Morgan fingerprint density at radius 2 is 1.68 bits per heavy atom. The predicted molar refractivity (Wildman–Crippen MR) is 150 cm³/mol. The second-order valence-corrected chi connectivity index (χ2v) is 10.9. The molecule has 10 nitrogen and oxygen atoms in total. The smallest absolute Gasteiger partial charge is 0.272 e. The molecule has 38 heavy (non-hydrogen) atoms. The van der Waals surface area contributed by atoms with Gasteiger partial charge in [-0.2, -0.15) is 5.10 Å². The van der Waals surface area contributed by atoms with Gasteiger partial charge >= 0.3 is 0 Å². The Morgan fingerprint density at radius 1 is 1.00 bits per heavy atom. The molecule has 0 aliphatic carbocycles. The molecule has 1 fully saturated rings. The molecule has 0 radical (unpaired) electrons. The Kier molecular flexibility index (Phi) is 8.20. The van der Waals surface area contributed by atoms with Gasteiger partial charge in [-0.15, -0.1) is 0 Å². The normalized spacial score (nSPS) is 13.9. The van der Waals surface area contributed by atoms with Gasteiger partial charge in [0.25, 0.3) is 5.91 Å². The third kappa shape index (κ3) is 6.61. The molecule has 0 bridgehead atoms. The Hall–Kier alpha value is -3.66. The maximum atomic E-state index is 13.3. The molecular formula is C27H35ClN8O2. The number of carbonyl (C=O) groups excluding carboxylic acids is 2. The number of rotatable bonds is 7. The predicted octanol–water partition coefficient (Wildman–Crippen LogP) is 3.34. The van der Waals surface area contributed by atoms with Crippen LogP contribution in [-0.4, -0.2) is 75.7 Å². The lowest BCUT2D eigenvalue weighted by Crippen LogP contribution is -2.49.